The number of rotatable bonds is 24. The highest BCUT2D eigenvalue weighted by Crippen LogP contribution is 2.73. The van der Waals surface area contributed by atoms with Crippen molar-refractivity contribution in [3.05, 3.63) is 47.1 Å². The zero-order valence-electron chi connectivity index (χ0n) is 82.6. The van der Waals surface area contributed by atoms with E-state index in [4.69, 9.17) is 0 Å². The number of ketones is 1. The molecule has 0 aliphatic heterocycles. The molecule has 668 valence electrons. The first-order chi connectivity index (χ1) is 55.6. The maximum atomic E-state index is 13.3. The molecule has 0 N–H and O–H groups in total. The van der Waals surface area contributed by atoms with Crippen LogP contribution in [0.4, 0.5) is 0 Å². The van der Waals surface area contributed by atoms with E-state index in [9.17, 15) is 4.79 Å². The van der Waals surface area contributed by atoms with Crippen molar-refractivity contribution in [2.45, 2.75) is 462 Å². The predicted molar refractivity (Wildman–Crippen MR) is 508 cm³/mol. The standard InChI is InChI=1S/C29H48O.3C29H50/c1-7-19(2)9-8-10-21(4)23-11-12-24-22-18-27(30)26-17-20(3)13-15-29(26,6)25(22)14-16-28(23,24)5;3*1-7-20(2)9-8-10-22(4)25-13-14-26-24-12-11-23-19-21(3)15-17-28(23,5)27(24)16-18-29(25,26)6/h18-21,23-26H,7-17H2,1-6H3;2*12,20-23,25-27H,7-11,13-19H2,1-6H3;11-12,20-27H,7-10,13-19H2,1-6H3/t19?,20-,21+,23?,24?,25?,26+,28+,29+;2*20?,21-,22+,23-,25?,26?,27?,28-,29+;20?,21-,22+,23-,24?,25?,26?,27?,28-,29+/m0000/s1. The van der Waals surface area contributed by atoms with Gasteiger partial charge in [0, 0.05) is 5.92 Å². The van der Waals surface area contributed by atoms with Gasteiger partial charge in [0.05, 0.1) is 0 Å². The Hall–Kier alpha value is -1.37. The van der Waals surface area contributed by atoms with Gasteiger partial charge in [-0.1, -0.05) is 336 Å². The largest absolute Gasteiger partial charge is 0.295 e. The van der Waals surface area contributed by atoms with Gasteiger partial charge in [-0.25, -0.2) is 0 Å². The van der Waals surface area contributed by atoms with Crippen molar-refractivity contribution in [2.24, 2.45) is 215 Å². The van der Waals surface area contributed by atoms with E-state index in [1.807, 2.05) is 11.1 Å². The van der Waals surface area contributed by atoms with Gasteiger partial charge in [0.2, 0.25) is 0 Å². The van der Waals surface area contributed by atoms with Gasteiger partial charge in [-0.3, -0.25) is 4.79 Å². The number of fused-ring (bicyclic) bond motifs is 20. The van der Waals surface area contributed by atoms with Crippen molar-refractivity contribution in [2.75, 3.05) is 0 Å². The van der Waals surface area contributed by atoms with Gasteiger partial charge in [-0.2, -0.15) is 0 Å². The Morgan fingerprint density at radius 2 is 0.624 bits per heavy atom. The fourth-order valence-corrected chi connectivity index (χ4v) is 35.5. The van der Waals surface area contributed by atoms with Crippen molar-refractivity contribution in [3.8, 4) is 0 Å². The normalized spacial score (nSPS) is 46.5. The maximum Gasteiger partial charge on any atom is 0.159 e. The molecule has 0 heterocycles. The molecule has 37 atom stereocenters. The smallest absolute Gasteiger partial charge is 0.159 e. The Balaban J connectivity index is 0.000000135. The van der Waals surface area contributed by atoms with Crippen LogP contribution in [0.1, 0.15) is 462 Å². The van der Waals surface area contributed by atoms with Crippen molar-refractivity contribution in [1.29, 1.82) is 0 Å². The molecular weight excluding hydrogens is 1410 g/mol. The summed E-state index contributed by atoms with van der Waals surface area (Å²) in [5, 5.41) is 0. The summed E-state index contributed by atoms with van der Waals surface area (Å²) in [4.78, 5) is 13.3. The summed E-state index contributed by atoms with van der Waals surface area (Å²) < 4.78 is 0. The Labute approximate surface area is 729 Å². The molecule has 0 aromatic rings. The van der Waals surface area contributed by atoms with E-state index in [-0.39, 0.29) is 5.41 Å². The van der Waals surface area contributed by atoms with Crippen LogP contribution < -0.4 is 0 Å². The van der Waals surface area contributed by atoms with E-state index >= 15 is 0 Å². The third-order valence-electron chi connectivity index (χ3n) is 44.5. The van der Waals surface area contributed by atoms with Crippen LogP contribution in [0.3, 0.4) is 0 Å². The summed E-state index contributed by atoms with van der Waals surface area (Å²) in [5.74, 6) is 26.1. The molecule has 16 rings (SSSR count). The quantitative estimate of drug-likeness (QED) is 0.0881. The molecule has 12 saturated carbocycles. The zero-order valence-corrected chi connectivity index (χ0v) is 82.6. The number of carbonyl (C=O) groups excluding carboxylic acids is 1. The summed E-state index contributed by atoms with van der Waals surface area (Å²) in [5.41, 5.74) is 9.87. The fourth-order valence-electron chi connectivity index (χ4n) is 35.5. The fraction of sp³-hybridized carbons (Fsp3) is 0.922. The average molecular weight is 1610 g/mol. The van der Waals surface area contributed by atoms with E-state index in [2.05, 4.69) is 197 Å². The number of hydrogen-bond donors (Lipinski definition) is 0. The topological polar surface area (TPSA) is 17.1 Å². The monoisotopic (exact) mass is 1610 g/mol. The van der Waals surface area contributed by atoms with Crippen LogP contribution in [0, 0.1) is 215 Å². The molecule has 1 heteroatoms. The van der Waals surface area contributed by atoms with Gasteiger partial charge >= 0.3 is 0 Å². The zero-order chi connectivity index (χ0) is 84.1. The lowest BCUT2D eigenvalue weighted by Gasteiger charge is -2.59. The van der Waals surface area contributed by atoms with E-state index in [1.54, 1.807) is 5.57 Å². The van der Waals surface area contributed by atoms with Gasteiger partial charge in [0.1, 0.15) is 0 Å². The van der Waals surface area contributed by atoms with Crippen molar-refractivity contribution in [1.82, 2.24) is 0 Å². The Morgan fingerprint density at radius 1 is 0.308 bits per heavy atom. The molecule has 12 fully saturated rings. The van der Waals surface area contributed by atoms with E-state index in [1.165, 1.54) is 289 Å². The molecule has 0 aromatic heterocycles. The van der Waals surface area contributed by atoms with Gasteiger partial charge in [-0.05, 0) is 382 Å². The molecule has 0 amide bonds. The summed E-state index contributed by atoms with van der Waals surface area (Å²) in [6.45, 7) is 60.7. The third kappa shape index (κ3) is 18.3. The lowest BCUT2D eigenvalue weighted by molar-refractivity contribution is -0.130. The second kappa shape index (κ2) is 38.3. The van der Waals surface area contributed by atoms with Crippen LogP contribution in [0.5, 0.6) is 0 Å². The molecule has 0 radical (unpaired) electrons. The van der Waals surface area contributed by atoms with Crippen LogP contribution in [0.2, 0.25) is 0 Å². The van der Waals surface area contributed by atoms with Gasteiger partial charge < -0.3 is 0 Å². The van der Waals surface area contributed by atoms with Crippen LogP contribution in [-0.4, -0.2) is 5.78 Å². The number of hydrogen-bond acceptors (Lipinski definition) is 1. The average Bonchev–Trinajstić information content (AvgIpc) is 1.71. The highest BCUT2D eigenvalue weighted by Gasteiger charge is 2.64. The molecular formula is C116H198O. The number of allylic oxidation sites excluding steroid dienone is 8. The van der Waals surface area contributed by atoms with Crippen molar-refractivity contribution < 1.29 is 4.79 Å². The highest BCUT2D eigenvalue weighted by atomic mass is 16.1. The summed E-state index contributed by atoms with van der Waals surface area (Å²) in [7, 11) is 0. The minimum absolute atomic E-state index is 0.245. The minimum Gasteiger partial charge on any atom is -0.295 e. The maximum absolute atomic E-state index is 13.3. The third-order valence-corrected chi connectivity index (χ3v) is 44.5. The molecule has 17 unspecified atom stereocenters. The molecule has 0 spiro atoms. The molecule has 0 aromatic carbocycles. The second-order valence-electron chi connectivity index (χ2n) is 51.1. The molecule has 0 bridgehead atoms. The molecule has 0 saturated heterocycles. The van der Waals surface area contributed by atoms with E-state index < -0.39 is 0 Å². The van der Waals surface area contributed by atoms with E-state index in [0.29, 0.717) is 61.4 Å². The summed E-state index contributed by atoms with van der Waals surface area (Å²) in [6.07, 6.45) is 79.4. The van der Waals surface area contributed by atoms with Crippen LogP contribution in [0.25, 0.3) is 0 Å². The Morgan fingerprint density at radius 3 is 1.03 bits per heavy atom. The second-order valence-corrected chi connectivity index (χ2v) is 51.1. The Bertz CT molecular complexity index is 3220. The SMILES string of the molecule is CCC(C)CCC[C@@H](C)C1CCC2C3=CC(=O)[C@H]4C[C@@H](C)CC[C@]4(C)C3CC[C@@]21C.CCC(C)CCC[C@@H](C)C1CCC2C3=CC[C@H]4C[C@@H](C)CC[C@]4(C)C3CC[C@@]21C.CCC(C)CCC[C@@H](C)C1CCC2C3=CC[C@H]4C[C@@H](C)CC[C@]4(C)C3CC[C@@]21C.CCC(C)CCC[C@@H](C)C1CCC2C3C=C[C@H]4C[C@@H](C)CC[C@]4(C)C3CC[C@@]21C. The first-order valence-electron chi connectivity index (χ1n) is 53.9. The lowest BCUT2D eigenvalue weighted by Crippen LogP contribution is -2.51. The lowest BCUT2D eigenvalue weighted by atomic mass is 9.46. The van der Waals surface area contributed by atoms with E-state index in [0.717, 1.165) is 160 Å². The first-order valence-corrected chi connectivity index (χ1v) is 53.9. The van der Waals surface area contributed by atoms with Gasteiger partial charge in [-0.15, -0.1) is 0 Å². The predicted octanol–water partition coefficient (Wildman–Crippen LogP) is 35.3. The molecule has 117 heavy (non-hydrogen) atoms. The minimum atomic E-state index is 0.245. The molecule has 1 nitrogen and oxygen atoms in total. The summed E-state index contributed by atoms with van der Waals surface area (Å²) >= 11 is 0. The summed E-state index contributed by atoms with van der Waals surface area (Å²) in [6, 6.07) is 0. The van der Waals surface area contributed by atoms with Gasteiger partial charge in [0.15, 0.2) is 5.78 Å². The van der Waals surface area contributed by atoms with Crippen molar-refractivity contribution >= 4 is 5.78 Å². The Kier molecular flexibility index (Phi) is 30.5. The van der Waals surface area contributed by atoms with Crippen LogP contribution >= 0.6 is 0 Å². The first kappa shape index (κ1) is 93.3. The van der Waals surface area contributed by atoms with Crippen molar-refractivity contribution in [3.63, 3.8) is 0 Å². The highest BCUT2D eigenvalue weighted by molar-refractivity contribution is 5.94. The van der Waals surface area contributed by atoms with Crippen LogP contribution in [-0.2, 0) is 4.79 Å². The van der Waals surface area contributed by atoms with Gasteiger partial charge in [0.25, 0.3) is 0 Å². The molecule has 16 aliphatic carbocycles. The number of carbonyl (C=O) groups is 1. The van der Waals surface area contributed by atoms with Crippen LogP contribution in [0.15, 0.2) is 47.1 Å². The molecule has 16 aliphatic rings.